The second-order valence-electron chi connectivity index (χ2n) is 4.90. The van der Waals surface area contributed by atoms with Gasteiger partial charge in [-0.05, 0) is 44.5 Å². The molecule has 1 saturated heterocycles. The first-order valence-electron chi connectivity index (χ1n) is 6.39. The van der Waals surface area contributed by atoms with Crippen LogP contribution in [0.4, 0.5) is 0 Å². The van der Waals surface area contributed by atoms with E-state index in [1.807, 2.05) is 14.0 Å². The molecule has 1 unspecified atom stereocenters. The Bertz CT molecular complexity index is 563. The summed E-state index contributed by atoms with van der Waals surface area (Å²) in [4.78, 5) is 0.211. The van der Waals surface area contributed by atoms with Crippen LogP contribution >= 0.6 is 24.0 Å². The van der Waals surface area contributed by atoms with Crippen molar-refractivity contribution in [3.05, 3.63) is 28.8 Å². The lowest BCUT2D eigenvalue weighted by Crippen LogP contribution is -2.40. The van der Waals surface area contributed by atoms with Gasteiger partial charge in [-0.15, -0.1) is 12.4 Å². The highest BCUT2D eigenvalue weighted by molar-refractivity contribution is 7.89. The van der Waals surface area contributed by atoms with E-state index in [1.165, 1.54) is 0 Å². The fourth-order valence-corrected chi connectivity index (χ4v) is 4.77. The second kappa shape index (κ2) is 7.09. The van der Waals surface area contributed by atoms with Gasteiger partial charge < -0.3 is 5.32 Å². The van der Waals surface area contributed by atoms with E-state index in [4.69, 9.17) is 11.6 Å². The second-order valence-corrected chi connectivity index (χ2v) is 7.17. The summed E-state index contributed by atoms with van der Waals surface area (Å²) in [5.41, 5.74) is 0.956. The minimum Gasteiger partial charge on any atom is -0.318 e. The maximum Gasteiger partial charge on any atom is 0.244 e. The van der Waals surface area contributed by atoms with E-state index in [0.29, 0.717) is 18.1 Å². The third-order valence-electron chi connectivity index (χ3n) is 3.44. The Labute approximate surface area is 132 Å². The van der Waals surface area contributed by atoms with Crippen molar-refractivity contribution in [2.75, 3.05) is 20.1 Å². The molecule has 1 heterocycles. The van der Waals surface area contributed by atoms with E-state index in [1.54, 1.807) is 22.5 Å². The molecule has 0 bridgehead atoms. The average molecular weight is 339 g/mol. The van der Waals surface area contributed by atoms with Gasteiger partial charge in [0.1, 0.15) is 4.90 Å². The van der Waals surface area contributed by atoms with Gasteiger partial charge in [-0.2, -0.15) is 4.31 Å². The Balaban J connectivity index is 0.00000200. The maximum atomic E-state index is 12.7. The summed E-state index contributed by atoms with van der Waals surface area (Å²) in [6, 6.07) is 5.09. The highest BCUT2D eigenvalue weighted by Gasteiger charge is 2.35. The third-order valence-corrected chi connectivity index (χ3v) is 5.87. The minimum atomic E-state index is -3.50. The largest absolute Gasteiger partial charge is 0.318 e. The third kappa shape index (κ3) is 3.46. The van der Waals surface area contributed by atoms with Crippen LogP contribution in [-0.4, -0.2) is 38.9 Å². The number of rotatable bonds is 4. The SMILES string of the molecule is CNCC1CCCN1S(=O)(=O)c1ccc(C)cc1Cl.Cl. The molecule has 2 rings (SSSR count). The molecule has 1 aliphatic rings. The molecule has 1 aliphatic heterocycles. The van der Waals surface area contributed by atoms with E-state index in [9.17, 15) is 8.42 Å². The molecule has 0 radical (unpaired) electrons. The lowest BCUT2D eigenvalue weighted by Gasteiger charge is -2.24. The number of hydrogen-bond donors (Lipinski definition) is 1. The number of likely N-dealkylation sites (N-methyl/N-ethyl adjacent to an activating group) is 1. The number of benzene rings is 1. The summed E-state index contributed by atoms with van der Waals surface area (Å²) < 4.78 is 26.9. The molecule has 1 atom stereocenters. The molecule has 0 spiro atoms. The number of sulfonamides is 1. The van der Waals surface area contributed by atoms with Crippen molar-refractivity contribution in [1.29, 1.82) is 0 Å². The topological polar surface area (TPSA) is 49.4 Å². The summed E-state index contributed by atoms with van der Waals surface area (Å²) in [5.74, 6) is 0. The van der Waals surface area contributed by atoms with Gasteiger partial charge in [-0.25, -0.2) is 8.42 Å². The van der Waals surface area contributed by atoms with Gasteiger partial charge in [0.25, 0.3) is 0 Å². The van der Waals surface area contributed by atoms with Crippen molar-refractivity contribution >= 4 is 34.0 Å². The summed E-state index contributed by atoms with van der Waals surface area (Å²) in [7, 11) is -1.66. The van der Waals surface area contributed by atoms with Gasteiger partial charge in [0, 0.05) is 19.1 Å². The van der Waals surface area contributed by atoms with Crippen molar-refractivity contribution in [2.24, 2.45) is 0 Å². The predicted octanol–water partition coefficient (Wildman–Crippen LogP) is 2.44. The van der Waals surface area contributed by atoms with Crippen LogP contribution in [0.3, 0.4) is 0 Å². The number of halogens is 2. The van der Waals surface area contributed by atoms with Gasteiger partial charge in [0.15, 0.2) is 0 Å². The molecule has 4 nitrogen and oxygen atoms in total. The Kier molecular flexibility index (Phi) is 6.28. The normalized spacial score (nSPS) is 19.9. The molecule has 1 aromatic carbocycles. The average Bonchev–Trinajstić information content (AvgIpc) is 2.78. The van der Waals surface area contributed by atoms with Gasteiger partial charge in [0.2, 0.25) is 10.0 Å². The summed E-state index contributed by atoms with van der Waals surface area (Å²) >= 11 is 6.10. The van der Waals surface area contributed by atoms with E-state index in [2.05, 4.69) is 5.32 Å². The molecular weight excluding hydrogens is 319 g/mol. The van der Waals surface area contributed by atoms with Crippen molar-refractivity contribution in [3.8, 4) is 0 Å². The lowest BCUT2D eigenvalue weighted by molar-refractivity contribution is 0.379. The minimum absolute atomic E-state index is 0. The zero-order valence-electron chi connectivity index (χ0n) is 11.6. The van der Waals surface area contributed by atoms with Crippen LogP contribution < -0.4 is 5.32 Å². The monoisotopic (exact) mass is 338 g/mol. The Morgan fingerprint density at radius 2 is 2.15 bits per heavy atom. The van der Waals surface area contributed by atoms with E-state index < -0.39 is 10.0 Å². The first-order chi connectivity index (χ1) is 8.96. The predicted molar refractivity (Wildman–Crippen MR) is 84.3 cm³/mol. The summed E-state index contributed by atoms with van der Waals surface area (Å²) in [6.45, 7) is 3.13. The Morgan fingerprint density at radius 3 is 2.75 bits per heavy atom. The number of nitrogens with zero attached hydrogens (tertiary/aromatic N) is 1. The van der Waals surface area contributed by atoms with E-state index in [-0.39, 0.29) is 23.3 Å². The fraction of sp³-hybridized carbons (Fsp3) is 0.538. The van der Waals surface area contributed by atoms with Crippen LogP contribution in [0, 0.1) is 6.92 Å². The maximum absolute atomic E-state index is 12.7. The fourth-order valence-electron chi connectivity index (χ4n) is 2.51. The van der Waals surface area contributed by atoms with Gasteiger partial charge in [-0.3, -0.25) is 0 Å². The van der Waals surface area contributed by atoms with Gasteiger partial charge >= 0.3 is 0 Å². The van der Waals surface area contributed by atoms with Crippen LogP contribution in [0.2, 0.25) is 5.02 Å². The molecule has 20 heavy (non-hydrogen) atoms. The number of hydrogen-bond acceptors (Lipinski definition) is 3. The molecule has 1 fully saturated rings. The zero-order chi connectivity index (χ0) is 14.0. The molecule has 7 heteroatoms. The standard InChI is InChI=1S/C13H19ClN2O2S.ClH/c1-10-5-6-13(12(14)8-10)19(17,18)16-7-3-4-11(16)9-15-2;/h5-6,8,11,15H,3-4,7,9H2,1-2H3;1H. The Morgan fingerprint density at radius 1 is 1.45 bits per heavy atom. The van der Waals surface area contributed by atoms with Crippen LogP contribution in [-0.2, 0) is 10.0 Å². The van der Waals surface area contributed by atoms with Crippen molar-refractivity contribution < 1.29 is 8.42 Å². The Hall–Kier alpha value is -0.330. The molecule has 0 aromatic heterocycles. The number of aryl methyl sites for hydroxylation is 1. The molecule has 0 amide bonds. The quantitative estimate of drug-likeness (QED) is 0.917. The van der Waals surface area contributed by atoms with Gasteiger partial charge in [0.05, 0.1) is 5.02 Å². The summed E-state index contributed by atoms with van der Waals surface area (Å²) in [5, 5.41) is 3.35. The molecular formula is C13H20Cl2N2O2S. The van der Waals surface area contributed by atoms with Crippen LogP contribution in [0.15, 0.2) is 23.1 Å². The molecule has 1 N–H and O–H groups in total. The zero-order valence-corrected chi connectivity index (χ0v) is 14.0. The summed E-state index contributed by atoms with van der Waals surface area (Å²) in [6.07, 6.45) is 1.79. The van der Waals surface area contributed by atoms with Crippen molar-refractivity contribution in [2.45, 2.75) is 30.7 Å². The molecule has 0 saturated carbocycles. The van der Waals surface area contributed by atoms with E-state index in [0.717, 1.165) is 18.4 Å². The van der Waals surface area contributed by atoms with Crippen LogP contribution in [0.1, 0.15) is 18.4 Å². The van der Waals surface area contributed by atoms with E-state index >= 15 is 0 Å². The molecule has 1 aromatic rings. The first-order valence-corrected chi connectivity index (χ1v) is 8.21. The lowest BCUT2D eigenvalue weighted by atomic mass is 10.2. The molecule has 114 valence electrons. The number of nitrogens with one attached hydrogen (secondary N) is 1. The van der Waals surface area contributed by atoms with Gasteiger partial charge in [-0.1, -0.05) is 17.7 Å². The van der Waals surface area contributed by atoms with Crippen LogP contribution in [0.25, 0.3) is 0 Å². The van der Waals surface area contributed by atoms with Crippen LogP contribution in [0.5, 0.6) is 0 Å². The smallest absolute Gasteiger partial charge is 0.244 e. The highest BCUT2D eigenvalue weighted by Crippen LogP contribution is 2.30. The molecule has 0 aliphatic carbocycles. The highest BCUT2D eigenvalue weighted by atomic mass is 35.5. The first kappa shape index (κ1) is 17.7. The van der Waals surface area contributed by atoms with Crippen molar-refractivity contribution in [1.82, 2.24) is 9.62 Å². The van der Waals surface area contributed by atoms with Crippen molar-refractivity contribution in [3.63, 3.8) is 0 Å².